The lowest BCUT2D eigenvalue weighted by molar-refractivity contribution is 0.559. The zero-order valence-corrected chi connectivity index (χ0v) is 8.21. The van der Waals surface area contributed by atoms with Gasteiger partial charge in [-0.05, 0) is 18.6 Å². The van der Waals surface area contributed by atoms with Gasteiger partial charge in [0.2, 0.25) is 6.08 Å². The van der Waals surface area contributed by atoms with Gasteiger partial charge in [-0.1, -0.05) is 34.1 Å². The monoisotopic (exact) mass is 225 g/mol. The van der Waals surface area contributed by atoms with Gasteiger partial charge in [-0.3, -0.25) is 0 Å². The van der Waals surface area contributed by atoms with Gasteiger partial charge in [-0.2, -0.15) is 4.99 Å². The fraction of sp³-hybridized carbons (Fsp3) is 0.222. The van der Waals surface area contributed by atoms with Crippen molar-refractivity contribution in [3.8, 4) is 0 Å². The molecule has 3 heteroatoms. The van der Waals surface area contributed by atoms with Crippen molar-refractivity contribution in [3.63, 3.8) is 0 Å². The normalized spacial score (nSPS) is 11.8. The first-order valence-corrected chi connectivity index (χ1v) is 4.36. The van der Waals surface area contributed by atoms with Crippen LogP contribution in [0.2, 0.25) is 0 Å². The molecule has 1 aromatic rings. The number of nitrogens with zero attached hydrogens (tertiary/aromatic N) is 1. The third-order valence-electron chi connectivity index (χ3n) is 1.60. The van der Waals surface area contributed by atoms with Crippen LogP contribution in [0, 0.1) is 0 Å². The van der Waals surface area contributed by atoms with Crippen molar-refractivity contribution in [3.05, 3.63) is 34.3 Å². The minimum absolute atomic E-state index is 0.127. The zero-order chi connectivity index (χ0) is 8.97. The Kier molecular flexibility index (Phi) is 3.20. The highest BCUT2D eigenvalue weighted by Crippen LogP contribution is 2.24. The Labute approximate surface area is 79.5 Å². The van der Waals surface area contributed by atoms with E-state index in [1.807, 2.05) is 31.2 Å². The summed E-state index contributed by atoms with van der Waals surface area (Å²) in [7, 11) is 0. The number of benzene rings is 1. The summed E-state index contributed by atoms with van der Waals surface area (Å²) >= 11 is 3.38. The number of halogens is 1. The molecule has 1 unspecified atom stereocenters. The summed E-state index contributed by atoms with van der Waals surface area (Å²) in [5.41, 5.74) is 1.00. The molecule has 0 fully saturated rings. The minimum atomic E-state index is -0.127. The van der Waals surface area contributed by atoms with E-state index < -0.39 is 0 Å². The maximum absolute atomic E-state index is 9.99. The molecule has 62 valence electrons. The third-order valence-corrected chi connectivity index (χ3v) is 2.32. The van der Waals surface area contributed by atoms with Crippen LogP contribution in [0.25, 0.3) is 0 Å². The predicted octanol–water partition coefficient (Wildman–Crippen LogP) is 2.85. The van der Waals surface area contributed by atoms with E-state index in [0.717, 1.165) is 10.0 Å². The van der Waals surface area contributed by atoms with E-state index in [1.54, 1.807) is 6.08 Å². The fourth-order valence-electron chi connectivity index (χ4n) is 0.963. The molecule has 0 aliphatic carbocycles. The number of rotatable bonds is 2. The molecule has 2 nitrogen and oxygen atoms in total. The Bertz CT molecular complexity index is 318. The third kappa shape index (κ3) is 2.03. The summed E-state index contributed by atoms with van der Waals surface area (Å²) in [6.07, 6.45) is 1.55. The van der Waals surface area contributed by atoms with Gasteiger partial charge >= 0.3 is 0 Å². The van der Waals surface area contributed by atoms with E-state index in [9.17, 15) is 4.79 Å². The molecule has 1 atom stereocenters. The Morgan fingerprint density at radius 3 is 2.75 bits per heavy atom. The summed E-state index contributed by atoms with van der Waals surface area (Å²) in [5.74, 6) is 0. The summed E-state index contributed by atoms with van der Waals surface area (Å²) in [6.45, 7) is 1.85. The molecule has 0 saturated carbocycles. The topological polar surface area (TPSA) is 29.4 Å². The SMILES string of the molecule is CC(N=C=O)c1ccccc1Br. The second-order valence-corrected chi connectivity index (χ2v) is 3.27. The predicted molar refractivity (Wildman–Crippen MR) is 50.7 cm³/mol. The van der Waals surface area contributed by atoms with Crippen molar-refractivity contribution in [1.82, 2.24) is 0 Å². The Hall–Kier alpha value is -0.920. The highest BCUT2D eigenvalue weighted by molar-refractivity contribution is 9.10. The summed E-state index contributed by atoms with van der Waals surface area (Å²) in [5, 5.41) is 0. The molecule has 1 rings (SSSR count). The van der Waals surface area contributed by atoms with Crippen LogP contribution in [-0.4, -0.2) is 6.08 Å². The first-order chi connectivity index (χ1) is 5.75. The Morgan fingerprint density at radius 2 is 2.17 bits per heavy atom. The van der Waals surface area contributed by atoms with E-state index in [-0.39, 0.29) is 6.04 Å². The van der Waals surface area contributed by atoms with Gasteiger partial charge in [0.25, 0.3) is 0 Å². The molecule has 0 heterocycles. The van der Waals surface area contributed by atoms with Crippen LogP contribution in [0.15, 0.2) is 33.7 Å². The largest absolute Gasteiger partial charge is 0.235 e. The summed E-state index contributed by atoms with van der Waals surface area (Å²) in [4.78, 5) is 13.6. The number of isocyanates is 1. The molecule has 0 N–H and O–H groups in total. The lowest BCUT2D eigenvalue weighted by Crippen LogP contribution is -1.89. The van der Waals surface area contributed by atoms with Gasteiger partial charge in [0.05, 0.1) is 6.04 Å². The first-order valence-electron chi connectivity index (χ1n) is 3.57. The molecule has 0 radical (unpaired) electrons. The lowest BCUT2D eigenvalue weighted by atomic mass is 10.1. The first kappa shape index (κ1) is 9.17. The van der Waals surface area contributed by atoms with Crippen LogP contribution in [0.5, 0.6) is 0 Å². The second-order valence-electron chi connectivity index (χ2n) is 2.42. The molecule has 0 spiro atoms. The standard InChI is InChI=1S/C9H8BrNO/c1-7(11-6-12)8-4-2-3-5-9(8)10/h2-5,7H,1H3. The van der Waals surface area contributed by atoms with Crippen LogP contribution in [0.1, 0.15) is 18.5 Å². The summed E-state index contributed by atoms with van der Waals surface area (Å²) in [6, 6.07) is 7.56. The molecule has 0 bridgehead atoms. The molecule has 0 aromatic heterocycles. The zero-order valence-electron chi connectivity index (χ0n) is 6.62. The number of carbonyl (C=O) groups excluding carboxylic acids is 1. The fourth-order valence-corrected chi connectivity index (χ4v) is 1.58. The van der Waals surface area contributed by atoms with E-state index in [2.05, 4.69) is 20.9 Å². The molecule has 12 heavy (non-hydrogen) atoms. The van der Waals surface area contributed by atoms with Crippen molar-refractivity contribution in [2.24, 2.45) is 4.99 Å². The van der Waals surface area contributed by atoms with Crippen LogP contribution >= 0.6 is 15.9 Å². The van der Waals surface area contributed by atoms with Crippen molar-refractivity contribution in [2.45, 2.75) is 13.0 Å². The average Bonchev–Trinajstić information content (AvgIpc) is 2.05. The number of hydrogen-bond acceptors (Lipinski definition) is 2. The van der Waals surface area contributed by atoms with Gasteiger partial charge in [0.1, 0.15) is 0 Å². The van der Waals surface area contributed by atoms with Crippen LogP contribution < -0.4 is 0 Å². The van der Waals surface area contributed by atoms with Gasteiger partial charge in [-0.15, -0.1) is 0 Å². The van der Waals surface area contributed by atoms with E-state index >= 15 is 0 Å². The van der Waals surface area contributed by atoms with Crippen LogP contribution in [-0.2, 0) is 4.79 Å². The van der Waals surface area contributed by atoms with Gasteiger partial charge < -0.3 is 0 Å². The molecule has 0 saturated heterocycles. The molecular formula is C9H8BrNO. The summed E-state index contributed by atoms with van der Waals surface area (Å²) < 4.78 is 0.969. The second kappa shape index (κ2) is 4.19. The van der Waals surface area contributed by atoms with E-state index in [4.69, 9.17) is 0 Å². The molecule has 0 aliphatic heterocycles. The van der Waals surface area contributed by atoms with Crippen molar-refractivity contribution >= 4 is 22.0 Å². The van der Waals surface area contributed by atoms with Gasteiger partial charge in [0.15, 0.2) is 0 Å². The maximum Gasteiger partial charge on any atom is 0.235 e. The van der Waals surface area contributed by atoms with Crippen LogP contribution in [0.3, 0.4) is 0 Å². The Balaban J connectivity index is 3.02. The number of aliphatic imine (C=N–C) groups is 1. The van der Waals surface area contributed by atoms with Gasteiger partial charge in [-0.25, -0.2) is 4.79 Å². The van der Waals surface area contributed by atoms with E-state index in [1.165, 1.54) is 0 Å². The quantitative estimate of drug-likeness (QED) is 0.563. The average molecular weight is 226 g/mol. The molecule has 0 aliphatic rings. The Morgan fingerprint density at radius 1 is 1.50 bits per heavy atom. The van der Waals surface area contributed by atoms with Crippen LogP contribution in [0.4, 0.5) is 0 Å². The molecule has 0 amide bonds. The maximum atomic E-state index is 9.99. The molecular weight excluding hydrogens is 218 g/mol. The molecule has 1 aromatic carbocycles. The smallest absolute Gasteiger partial charge is 0.211 e. The van der Waals surface area contributed by atoms with Crippen molar-refractivity contribution in [1.29, 1.82) is 0 Å². The highest BCUT2D eigenvalue weighted by atomic mass is 79.9. The van der Waals surface area contributed by atoms with E-state index in [0.29, 0.717) is 0 Å². The lowest BCUT2D eigenvalue weighted by Gasteiger charge is -2.05. The van der Waals surface area contributed by atoms with Crippen molar-refractivity contribution in [2.75, 3.05) is 0 Å². The van der Waals surface area contributed by atoms with Gasteiger partial charge in [0, 0.05) is 4.47 Å². The number of hydrogen-bond donors (Lipinski definition) is 0. The van der Waals surface area contributed by atoms with Crippen molar-refractivity contribution < 1.29 is 4.79 Å². The highest BCUT2D eigenvalue weighted by Gasteiger charge is 2.05. The minimum Gasteiger partial charge on any atom is -0.211 e.